The highest BCUT2D eigenvalue weighted by Gasteiger charge is 2.48. The maximum Gasteiger partial charge on any atom is 0.214 e. The monoisotopic (exact) mass is 348 g/mol. The van der Waals surface area contributed by atoms with Crippen LogP contribution < -0.4 is 4.72 Å². The lowest BCUT2D eigenvalue weighted by molar-refractivity contribution is 0.0105. The number of sulfonamides is 1. The second-order valence-electron chi connectivity index (χ2n) is 8.17. The molecule has 1 heterocycles. The van der Waals surface area contributed by atoms with Gasteiger partial charge in [0.2, 0.25) is 10.0 Å². The van der Waals surface area contributed by atoms with Gasteiger partial charge in [-0.3, -0.25) is 4.90 Å². The molecule has 4 rings (SSSR count). The normalized spacial score (nSPS) is 24.9. The fourth-order valence-corrected chi connectivity index (χ4v) is 5.98. The lowest BCUT2D eigenvalue weighted by Crippen LogP contribution is -2.55. The molecule has 2 aliphatic carbocycles. The van der Waals surface area contributed by atoms with Crippen LogP contribution in [0.1, 0.15) is 49.7 Å². The Morgan fingerprint density at radius 3 is 2.46 bits per heavy atom. The average molecular weight is 349 g/mol. The van der Waals surface area contributed by atoms with Gasteiger partial charge in [-0.25, -0.2) is 13.1 Å². The summed E-state index contributed by atoms with van der Waals surface area (Å²) in [6.07, 6.45) is 6.19. The van der Waals surface area contributed by atoms with Gasteiger partial charge in [-0.2, -0.15) is 0 Å². The van der Waals surface area contributed by atoms with E-state index in [4.69, 9.17) is 0 Å². The fourth-order valence-electron chi connectivity index (χ4n) is 4.40. The van der Waals surface area contributed by atoms with Crippen molar-refractivity contribution >= 4 is 10.0 Å². The quantitative estimate of drug-likeness (QED) is 0.890. The average Bonchev–Trinajstić information content (AvgIpc) is 3.35. The molecule has 1 N–H and O–H groups in total. The van der Waals surface area contributed by atoms with Crippen LogP contribution in [0.2, 0.25) is 0 Å². The first-order valence-corrected chi connectivity index (χ1v) is 10.8. The van der Waals surface area contributed by atoms with E-state index in [1.54, 1.807) is 0 Å². The summed E-state index contributed by atoms with van der Waals surface area (Å²) in [4.78, 5) is 2.55. The third-order valence-corrected chi connectivity index (χ3v) is 8.24. The fraction of sp³-hybridized carbons (Fsp3) is 0.684. The number of hydrogen-bond acceptors (Lipinski definition) is 3. The van der Waals surface area contributed by atoms with Gasteiger partial charge >= 0.3 is 0 Å². The van der Waals surface area contributed by atoms with Gasteiger partial charge < -0.3 is 0 Å². The summed E-state index contributed by atoms with van der Waals surface area (Å²) in [5.41, 5.74) is 3.20. The van der Waals surface area contributed by atoms with Crippen molar-refractivity contribution in [2.75, 3.05) is 13.1 Å². The first kappa shape index (κ1) is 16.6. The van der Waals surface area contributed by atoms with E-state index in [0.717, 1.165) is 45.3 Å². The molecule has 0 amide bonds. The van der Waals surface area contributed by atoms with Gasteiger partial charge in [-0.15, -0.1) is 0 Å². The highest BCUT2D eigenvalue weighted by molar-refractivity contribution is 7.90. The summed E-state index contributed by atoms with van der Waals surface area (Å²) in [5.74, 6) is 0. The van der Waals surface area contributed by atoms with Crippen LogP contribution in [-0.4, -0.2) is 37.7 Å². The Morgan fingerprint density at radius 2 is 1.83 bits per heavy atom. The predicted molar refractivity (Wildman–Crippen MR) is 96.2 cm³/mol. The molecule has 5 heteroatoms. The zero-order valence-electron chi connectivity index (χ0n) is 14.5. The summed E-state index contributed by atoms with van der Waals surface area (Å²) in [7, 11) is -3.02. The molecule has 132 valence electrons. The van der Waals surface area contributed by atoms with Crippen LogP contribution in [0.3, 0.4) is 0 Å². The number of nitrogens with zero attached hydrogens (tertiary/aromatic N) is 1. The van der Waals surface area contributed by atoms with Crippen molar-refractivity contribution in [3.63, 3.8) is 0 Å². The molecule has 1 aliphatic heterocycles. The summed E-state index contributed by atoms with van der Waals surface area (Å²) in [5, 5.41) is -0.0926. The number of rotatable bonds is 5. The van der Waals surface area contributed by atoms with Gasteiger partial charge in [-0.1, -0.05) is 24.3 Å². The van der Waals surface area contributed by atoms with Crippen molar-refractivity contribution < 1.29 is 8.42 Å². The van der Waals surface area contributed by atoms with E-state index in [9.17, 15) is 8.42 Å². The van der Waals surface area contributed by atoms with E-state index in [1.807, 2.05) is 0 Å². The molecule has 0 unspecified atom stereocenters. The van der Waals surface area contributed by atoms with E-state index >= 15 is 0 Å². The van der Waals surface area contributed by atoms with Gasteiger partial charge in [-0.05, 0) is 75.1 Å². The maximum absolute atomic E-state index is 12.0. The molecule has 1 spiro atoms. The van der Waals surface area contributed by atoms with Crippen molar-refractivity contribution in [2.24, 2.45) is 5.41 Å². The number of benzene rings is 1. The Labute approximate surface area is 145 Å². The minimum atomic E-state index is -3.02. The van der Waals surface area contributed by atoms with Crippen LogP contribution in [0.5, 0.6) is 0 Å². The number of nitrogens with one attached hydrogen (secondary N) is 1. The third-order valence-electron chi connectivity index (χ3n) is 6.22. The van der Waals surface area contributed by atoms with Crippen LogP contribution >= 0.6 is 0 Å². The molecule has 2 saturated carbocycles. The lowest BCUT2D eigenvalue weighted by atomic mass is 9.60. The van der Waals surface area contributed by atoms with Crippen LogP contribution in [0.25, 0.3) is 0 Å². The van der Waals surface area contributed by atoms with Gasteiger partial charge in [0.25, 0.3) is 0 Å². The lowest BCUT2D eigenvalue weighted by Gasteiger charge is -2.52. The molecule has 4 nitrogen and oxygen atoms in total. The standard InChI is InChI=1S/C19H28N2O2S/c1-15-4-2-3-5-16(15)14-21-10-8-19(9-11-21)12-17(13-19)20-24(22,23)18-6-7-18/h2-5,17-18,20H,6-14H2,1H3. The van der Waals surface area contributed by atoms with Crippen molar-refractivity contribution in [3.8, 4) is 0 Å². The Bertz CT molecular complexity index is 696. The highest BCUT2D eigenvalue weighted by Crippen LogP contribution is 2.49. The van der Waals surface area contributed by atoms with Crippen LogP contribution in [-0.2, 0) is 16.6 Å². The van der Waals surface area contributed by atoms with E-state index in [-0.39, 0.29) is 11.3 Å². The first-order valence-electron chi connectivity index (χ1n) is 9.24. The van der Waals surface area contributed by atoms with Crippen molar-refractivity contribution in [1.82, 2.24) is 9.62 Å². The Balaban J connectivity index is 1.26. The molecule has 24 heavy (non-hydrogen) atoms. The zero-order chi connectivity index (χ0) is 16.8. The number of piperidine rings is 1. The SMILES string of the molecule is Cc1ccccc1CN1CCC2(CC1)CC(NS(=O)(=O)C1CC1)C2. The van der Waals surface area contributed by atoms with E-state index < -0.39 is 10.0 Å². The Kier molecular flexibility index (Phi) is 4.22. The van der Waals surface area contributed by atoms with Crippen molar-refractivity contribution in [2.45, 2.75) is 63.3 Å². The number of likely N-dealkylation sites (tertiary alicyclic amines) is 1. The Morgan fingerprint density at radius 1 is 1.17 bits per heavy atom. The van der Waals surface area contributed by atoms with Gasteiger partial charge in [0, 0.05) is 12.6 Å². The minimum absolute atomic E-state index is 0.0926. The van der Waals surface area contributed by atoms with E-state index in [0.29, 0.717) is 5.41 Å². The first-order chi connectivity index (χ1) is 11.5. The molecule has 0 bridgehead atoms. The largest absolute Gasteiger partial charge is 0.299 e. The van der Waals surface area contributed by atoms with Gasteiger partial charge in [0.1, 0.15) is 0 Å². The second-order valence-corrected chi connectivity index (χ2v) is 10.2. The molecule has 0 atom stereocenters. The number of aryl methyl sites for hydroxylation is 1. The smallest absolute Gasteiger partial charge is 0.214 e. The second kappa shape index (κ2) is 6.11. The highest BCUT2D eigenvalue weighted by atomic mass is 32.2. The number of hydrogen-bond donors (Lipinski definition) is 1. The molecule has 0 aromatic heterocycles. The molecule has 0 radical (unpaired) electrons. The minimum Gasteiger partial charge on any atom is -0.299 e. The topological polar surface area (TPSA) is 49.4 Å². The summed E-state index contributed by atoms with van der Waals surface area (Å²) < 4.78 is 27.0. The molecular weight excluding hydrogens is 320 g/mol. The summed E-state index contributed by atoms with van der Waals surface area (Å²) in [6, 6.07) is 8.82. The van der Waals surface area contributed by atoms with Crippen LogP contribution in [0.4, 0.5) is 0 Å². The summed E-state index contributed by atoms with van der Waals surface area (Å²) >= 11 is 0. The zero-order valence-corrected chi connectivity index (χ0v) is 15.3. The van der Waals surface area contributed by atoms with E-state index in [2.05, 4.69) is 40.8 Å². The van der Waals surface area contributed by atoms with Crippen molar-refractivity contribution in [1.29, 1.82) is 0 Å². The molecular formula is C19H28N2O2S. The van der Waals surface area contributed by atoms with Crippen LogP contribution in [0, 0.1) is 12.3 Å². The maximum atomic E-state index is 12.0. The molecule has 3 fully saturated rings. The van der Waals surface area contributed by atoms with Crippen molar-refractivity contribution in [3.05, 3.63) is 35.4 Å². The van der Waals surface area contributed by atoms with Gasteiger partial charge in [0.15, 0.2) is 0 Å². The van der Waals surface area contributed by atoms with Crippen LogP contribution in [0.15, 0.2) is 24.3 Å². The molecule has 1 aromatic carbocycles. The molecule has 1 aromatic rings. The predicted octanol–water partition coefficient (Wildman–Crippen LogP) is 2.82. The van der Waals surface area contributed by atoms with E-state index in [1.165, 1.54) is 24.0 Å². The Hall–Kier alpha value is -0.910. The third kappa shape index (κ3) is 3.39. The van der Waals surface area contributed by atoms with Gasteiger partial charge in [0.05, 0.1) is 5.25 Å². The molecule has 1 saturated heterocycles. The summed E-state index contributed by atoms with van der Waals surface area (Å²) in [6.45, 7) is 5.50. The molecule has 3 aliphatic rings.